The molecule has 3 unspecified atom stereocenters. The van der Waals surface area contributed by atoms with Crippen LogP contribution in [0, 0.1) is 0 Å². The van der Waals surface area contributed by atoms with Crippen molar-refractivity contribution < 1.29 is 14.9 Å². The molecule has 0 aromatic carbocycles. The first kappa shape index (κ1) is 17.9. The highest BCUT2D eigenvalue weighted by Crippen LogP contribution is 2.25. The maximum atomic E-state index is 8.93. The van der Waals surface area contributed by atoms with Crippen LogP contribution in [0.4, 0.5) is 0 Å². The van der Waals surface area contributed by atoms with E-state index in [0.29, 0.717) is 6.04 Å². The summed E-state index contributed by atoms with van der Waals surface area (Å²) in [6.45, 7) is 2.56. The van der Waals surface area contributed by atoms with Crippen molar-refractivity contribution in [1.29, 1.82) is 0 Å². The summed E-state index contributed by atoms with van der Waals surface area (Å²) in [5, 5.41) is 17.9. The van der Waals surface area contributed by atoms with Gasteiger partial charge < -0.3 is 25.6 Å². The molecule has 120 valence electrons. The lowest BCUT2D eigenvalue weighted by atomic mass is 9.88. The Bertz CT molecular complexity index is 231. The third-order valence-corrected chi connectivity index (χ3v) is 4.34. The van der Waals surface area contributed by atoms with Gasteiger partial charge in [-0.2, -0.15) is 0 Å². The highest BCUT2D eigenvalue weighted by atomic mass is 16.5. The average Bonchev–Trinajstić information content (AvgIpc) is 2.47. The predicted molar refractivity (Wildman–Crippen MR) is 80.6 cm³/mol. The number of aliphatic hydroxyl groups excluding tert-OH is 2. The molecule has 0 amide bonds. The zero-order valence-corrected chi connectivity index (χ0v) is 12.8. The number of unbranched alkanes of at least 4 members (excludes halogenated alkanes) is 2. The fraction of sp³-hybridized carbons (Fsp3) is 1.00. The fourth-order valence-electron chi connectivity index (χ4n) is 3.06. The SMILES string of the molecule is COC1CC(N(CCCCO)CCCCO)CCC1N. The molecule has 3 atom stereocenters. The lowest BCUT2D eigenvalue weighted by Gasteiger charge is -2.39. The van der Waals surface area contributed by atoms with E-state index in [-0.39, 0.29) is 25.4 Å². The minimum atomic E-state index is 0.159. The van der Waals surface area contributed by atoms with Crippen molar-refractivity contribution in [1.82, 2.24) is 4.90 Å². The van der Waals surface area contributed by atoms with Crippen LogP contribution in [-0.4, -0.2) is 66.7 Å². The second-order valence-electron chi connectivity index (χ2n) is 5.80. The topological polar surface area (TPSA) is 79.0 Å². The smallest absolute Gasteiger partial charge is 0.0737 e. The summed E-state index contributed by atoms with van der Waals surface area (Å²) >= 11 is 0. The molecule has 0 aromatic heterocycles. The normalized spacial score (nSPS) is 27.1. The maximum Gasteiger partial charge on any atom is 0.0737 e. The molecule has 0 aliphatic heterocycles. The van der Waals surface area contributed by atoms with Gasteiger partial charge in [-0.1, -0.05) is 0 Å². The number of hydrogen-bond acceptors (Lipinski definition) is 5. The molecule has 20 heavy (non-hydrogen) atoms. The van der Waals surface area contributed by atoms with Crippen molar-refractivity contribution in [3.8, 4) is 0 Å². The minimum absolute atomic E-state index is 0.159. The Morgan fingerprint density at radius 3 is 2.15 bits per heavy atom. The van der Waals surface area contributed by atoms with Gasteiger partial charge >= 0.3 is 0 Å². The molecule has 1 aliphatic carbocycles. The van der Waals surface area contributed by atoms with Gasteiger partial charge in [-0.3, -0.25) is 0 Å². The van der Waals surface area contributed by atoms with Crippen molar-refractivity contribution in [2.75, 3.05) is 33.4 Å². The Labute approximate surface area is 123 Å². The zero-order chi connectivity index (χ0) is 14.8. The largest absolute Gasteiger partial charge is 0.396 e. The molecule has 4 N–H and O–H groups in total. The van der Waals surface area contributed by atoms with Crippen LogP contribution in [0.2, 0.25) is 0 Å². The molecule has 0 spiro atoms. The van der Waals surface area contributed by atoms with Gasteiger partial charge in [0.1, 0.15) is 0 Å². The molecule has 0 radical (unpaired) electrons. The van der Waals surface area contributed by atoms with Crippen molar-refractivity contribution in [3.63, 3.8) is 0 Å². The summed E-state index contributed by atoms with van der Waals surface area (Å²) < 4.78 is 5.50. The summed E-state index contributed by atoms with van der Waals surface area (Å²) in [4.78, 5) is 2.50. The van der Waals surface area contributed by atoms with Crippen LogP contribution in [-0.2, 0) is 4.74 Å². The monoisotopic (exact) mass is 288 g/mol. The van der Waals surface area contributed by atoms with Crippen LogP contribution >= 0.6 is 0 Å². The van der Waals surface area contributed by atoms with Crippen LogP contribution in [0.5, 0.6) is 0 Å². The molecular weight excluding hydrogens is 256 g/mol. The quantitative estimate of drug-likeness (QED) is 0.517. The van der Waals surface area contributed by atoms with E-state index in [1.54, 1.807) is 7.11 Å². The Hall–Kier alpha value is -0.200. The van der Waals surface area contributed by atoms with E-state index < -0.39 is 0 Å². The summed E-state index contributed by atoms with van der Waals surface area (Å²) in [5.74, 6) is 0. The number of rotatable bonds is 10. The molecule has 0 saturated heterocycles. The van der Waals surface area contributed by atoms with E-state index >= 15 is 0 Å². The highest BCUT2D eigenvalue weighted by molar-refractivity contribution is 4.88. The summed E-state index contributed by atoms with van der Waals surface area (Å²) in [7, 11) is 1.74. The molecule has 5 nitrogen and oxygen atoms in total. The summed E-state index contributed by atoms with van der Waals surface area (Å²) in [6.07, 6.45) is 7.06. The molecular formula is C15H32N2O3. The van der Waals surface area contributed by atoms with Gasteiger partial charge in [0.25, 0.3) is 0 Å². The van der Waals surface area contributed by atoms with E-state index in [1.807, 2.05) is 0 Å². The van der Waals surface area contributed by atoms with E-state index in [1.165, 1.54) is 0 Å². The Morgan fingerprint density at radius 2 is 1.65 bits per heavy atom. The van der Waals surface area contributed by atoms with Gasteiger partial charge in [-0.05, 0) is 58.0 Å². The summed E-state index contributed by atoms with van der Waals surface area (Å²) in [6, 6.07) is 0.685. The van der Waals surface area contributed by atoms with E-state index in [0.717, 1.165) is 58.0 Å². The fourth-order valence-corrected chi connectivity index (χ4v) is 3.06. The van der Waals surface area contributed by atoms with Gasteiger partial charge in [-0.15, -0.1) is 0 Å². The van der Waals surface area contributed by atoms with Gasteiger partial charge in [0.05, 0.1) is 6.10 Å². The van der Waals surface area contributed by atoms with E-state index in [2.05, 4.69) is 4.90 Å². The van der Waals surface area contributed by atoms with Crippen LogP contribution in [0.25, 0.3) is 0 Å². The lowest BCUT2D eigenvalue weighted by molar-refractivity contribution is 0.0131. The van der Waals surface area contributed by atoms with Gasteiger partial charge in [0, 0.05) is 32.4 Å². The van der Waals surface area contributed by atoms with E-state index in [9.17, 15) is 0 Å². The number of ether oxygens (including phenoxy) is 1. The second-order valence-corrected chi connectivity index (χ2v) is 5.80. The number of aliphatic hydroxyl groups is 2. The predicted octanol–water partition coefficient (Wildman–Crippen LogP) is 0.728. The molecule has 0 aromatic rings. The second kappa shape index (κ2) is 10.5. The number of nitrogens with zero attached hydrogens (tertiary/aromatic N) is 1. The Kier molecular flexibility index (Phi) is 9.39. The van der Waals surface area contributed by atoms with Gasteiger partial charge in [-0.25, -0.2) is 0 Å². The highest BCUT2D eigenvalue weighted by Gasteiger charge is 2.31. The maximum absolute atomic E-state index is 8.93. The Balaban J connectivity index is 2.47. The van der Waals surface area contributed by atoms with Crippen LogP contribution in [0.1, 0.15) is 44.9 Å². The zero-order valence-electron chi connectivity index (χ0n) is 12.8. The molecule has 1 saturated carbocycles. The first-order valence-corrected chi connectivity index (χ1v) is 7.97. The third kappa shape index (κ3) is 6.06. The van der Waals surface area contributed by atoms with Crippen molar-refractivity contribution in [2.24, 2.45) is 5.73 Å². The number of nitrogens with two attached hydrogens (primary N) is 1. The third-order valence-electron chi connectivity index (χ3n) is 4.34. The van der Waals surface area contributed by atoms with Crippen molar-refractivity contribution in [3.05, 3.63) is 0 Å². The summed E-state index contributed by atoms with van der Waals surface area (Å²) in [5.41, 5.74) is 6.09. The molecule has 0 heterocycles. The standard InChI is InChI=1S/C15H32N2O3/c1-20-15-12-13(6-7-14(15)16)17(8-2-4-10-18)9-3-5-11-19/h13-15,18-19H,2-12,16H2,1H3. The first-order chi connectivity index (χ1) is 9.72. The lowest BCUT2D eigenvalue weighted by Crippen LogP contribution is -2.49. The van der Waals surface area contributed by atoms with Crippen molar-refractivity contribution >= 4 is 0 Å². The van der Waals surface area contributed by atoms with Crippen molar-refractivity contribution in [2.45, 2.75) is 63.1 Å². The Morgan fingerprint density at radius 1 is 1.05 bits per heavy atom. The van der Waals surface area contributed by atoms with E-state index in [4.69, 9.17) is 20.7 Å². The van der Waals surface area contributed by atoms with Crippen LogP contribution < -0.4 is 5.73 Å². The molecule has 1 fully saturated rings. The first-order valence-electron chi connectivity index (χ1n) is 7.97. The molecule has 0 bridgehead atoms. The van der Waals surface area contributed by atoms with Gasteiger partial charge in [0.2, 0.25) is 0 Å². The molecule has 5 heteroatoms. The number of hydrogen-bond donors (Lipinski definition) is 3. The van der Waals surface area contributed by atoms with Gasteiger partial charge in [0.15, 0.2) is 0 Å². The minimum Gasteiger partial charge on any atom is -0.396 e. The molecule has 1 aliphatic rings. The van der Waals surface area contributed by atoms with Crippen LogP contribution in [0.3, 0.4) is 0 Å². The number of methoxy groups -OCH3 is 1. The van der Waals surface area contributed by atoms with Crippen LogP contribution in [0.15, 0.2) is 0 Å². The molecule has 1 rings (SSSR count). The average molecular weight is 288 g/mol.